The van der Waals surface area contributed by atoms with Gasteiger partial charge >= 0.3 is 0 Å². The predicted molar refractivity (Wildman–Crippen MR) is 102 cm³/mol. The molecule has 1 aromatic heterocycles. The molecular formula is C21H15NO3S. The van der Waals surface area contributed by atoms with Crippen LogP contribution in [0.2, 0.25) is 0 Å². The van der Waals surface area contributed by atoms with E-state index in [0.29, 0.717) is 22.2 Å². The van der Waals surface area contributed by atoms with Gasteiger partial charge in [0.2, 0.25) is 15.3 Å². The molecule has 3 aromatic carbocycles. The van der Waals surface area contributed by atoms with Crippen molar-refractivity contribution in [2.24, 2.45) is 0 Å². The van der Waals surface area contributed by atoms with E-state index in [4.69, 9.17) is 0 Å². The molecule has 0 fully saturated rings. The number of hydrogen-bond donors (Lipinski definition) is 1. The molecule has 0 saturated carbocycles. The van der Waals surface area contributed by atoms with Gasteiger partial charge in [-0.05, 0) is 29.8 Å². The van der Waals surface area contributed by atoms with E-state index in [1.54, 1.807) is 54.6 Å². The van der Waals surface area contributed by atoms with Crippen molar-refractivity contribution in [1.29, 1.82) is 0 Å². The fraction of sp³-hybridized carbons (Fsp3) is 0. The number of nitrogens with one attached hydrogen (secondary N) is 1. The lowest BCUT2D eigenvalue weighted by atomic mass is 10.1. The standard InChI is InChI=1S/C21H15NO3S/c23-20-17-13-7-8-14-18(17)22-19(15-9-3-1-4-10-15)21(20)26(24,25)16-11-5-2-6-12-16/h1-14H,(H,22,23). The number of pyridine rings is 1. The van der Waals surface area contributed by atoms with Gasteiger partial charge in [0.25, 0.3) is 0 Å². The van der Waals surface area contributed by atoms with Gasteiger partial charge in [0.05, 0.1) is 10.6 Å². The van der Waals surface area contributed by atoms with Crippen LogP contribution in [0.1, 0.15) is 0 Å². The Hall–Kier alpha value is -3.18. The number of H-pyrrole nitrogens is 1. The van der Waals surface area contributed by atoms with Crippen molar-refractivity contribution >= 4 is 20.7 Å². The molecule has 0 aliphatic rings. The van der Waals surface area contributed by atoms with Gasteiger partial charge in [-0.1, -0.05) is 60.7 Å². The van der Waals surface area contributed by atoms with Gasteiger partial charge in [0.15, 0.2) is 0 Å². The van der Waals surface area contributed by atoms with E-state index in [1.807, 2.05) is 18.2 Å². The van der Waals surface area contributed by atoms with Crippen molar-refractivity contribution in [3.05, 3.63) is 95.2 Å². The van der Waals surface area contributed by atoms with E-state index < -0.39 is 15.3 Å². The molecule has 0 spiro atoms. The minimum atomic E-state index is -3.98. The Kier molecular flexibility index (Phi) is 3.93. The molecule has 0 aliphatic heterocycles. The van der Waals surface area contributed by atoms with E-state index in [2.05, 4.69) is 4.98 Å². The number of fused-ring (bicyclic) bond motifs is 1. The van der Waals surface area contributed by atoms with E-state index >= 15 is 0 Å². The summed E-state index contributed by atoms with van der Waals surface area (Å²) in [5.74, 6) is 0. The lowest BCUT2D eigenvalue weighted by molar-refractivity contribution is 0.595. The van der Waals surface area contributed by atoms with Crippen molar-refractivity contribution < 1.29 is 8.42 Å². The Morgan fingerprint density at radius 1 is 0.692 bits per heavy atom. The first-order valence-electron chi connectivity index (χ1n) is 8.09. The van der Waals surface area contributed by atoms with Crippen LogP contribution < -0.4 is 5.43 Å². The number of aromatic amines is 1. The molecule has 4 rings (SSSR count). The van der Waals surface area contributed by atoms with E-state index in [9.17, 15) is 13.2 Å². The Morgan fingerprint density at radius 2 is 1.27 bits per heavy atom. The summed E-state index contributed by atoms with van der Waals surface area (Å²) in [5.41, 5.74) is 1.05. The largest absolute Gasteiger partial charge is 0.353 e. The molecule has 0 atom stereocenters. The van der Waals surface area contributed by atoms with Crippen LogP contribution in [-0.4, -0.2) is 13.4 Å². The summed E-state index contributed by atoms with van der Waals surface area (Å²) in [4.78, 5) is 16.2. The third-order valence-corrected chi connectivity index (χ3v) is 6.07. The number of para-hydroxylation sites is 1. The fourth-order valence-electron chi connectivity index (χ4n) is 3.00. The first-order valence-corrected chi connectivity index (χ1v) is 9.58. The Balaban J connectivity index is 2.14. The summed E-state index contributed by atoms with van der Waals surface area (Å²) < 4.78 is 26.5. The van der Waals surface area contributed by atoms with Gasteiger partial charge in [0, 0.05) is 10.9 Å². The molecule has 0 aliphatic carbocycles. The topological polar surface area (TPSA) is 67.0 Å². The van der Waals surface area contributed by atoms with E-state index in [-0.39, 0.29) is 9.79 Å². The highest BCUT2D eigenvalue weighted by Gasteiger charge is 2.27. The number of sulfone groups is 1. The fourth-order valence-corrected chi connectivity index (χ4v) is 4.54. The van der Waals surface area contributed by atoms with Gasteiger partial charge in [-0.3, -0.25) is 4.79 Å². The number of hydrogen-bond acceptors (Lipinski definition) is 3. The molecule has 0 amide bonds. The van der Waals surface area contributed by atoms with Crippen molar-refractivity contribution in [2.45, 2.75) is 9.79 Å². The van der Waals surface area contributed by atoms with Gasteiger partial charge in [-0.25, -0.2) is 8.42 Å². The van der Waals surface area contributed by atoms with Crippen LogP contribution in [0.25, 0.3) is 22.2 Å². The highest BCUT2D eigenvalue weighted by molar-refractivity contribution is 7.91. The predicted octanol–water partition coefficient (Wildman–Crippen LogP) is 4.03. The minimum Gasteiger partial charge on any atom is -0.353 e. The van der Waals surface area contributed by atoms with Gasteiger partial charge in [-0.15, -0.1) is 0 Å². The van der Waals surface area contributed by atoms with Crippen molar-refractivity contribution in [3.63, 3.8) is 0 Å². The molecule has 1 heterocycles. The Bertz CT molecular complexity index is 1240. The average Bonchev–Trinajstić information content (AvgIpc) is 2.69. The second kappa shape index (κ2) is 6.28. The van der Waals surface area contributed by atoms with Crippen molar-refractivity contribution in [2.75, 3.05) is 0 Å². The molecule has 0 radical (unpaired) electrons. The summed E-state index contributed by atoms with van der Waals surface area (Å²) in [6.07, 6.45) is 0. The van der Waals surface area contributed by atoms with Crippen LogP contribution in [0, 0.1) is 0 Å². The van der Waals surface area contributed by atoms with E-state index in [0.717, 1.165) is 0 Å². The lowest BCUT2D eigenvalue weighted by Crippen LogP contribution is -2.18. The molecule has 128 valence electrons. The zero-order valence-electron chi connectivity index (χ0n) is 13.7. The Morgan fingerprint density at radius 3 is 1.96 bits per heavy atom. The van der Waals surface area contributed by atoms with Crippen LogP contribution in [0.3, 0.4) is 0 Å². The third-order valence-electron chi connectivity index (χ3n) is 4.25. The molecule has 0 saturated heterocycles. The molecule has 4 aromatic rings. The second-order valence-corrected chi connectivity index (χ2v) is 7.77. The first kappa shape index (κ1) is 16.3. The molecule has 0 unspecified atom stereocenters. The van der Waals surface area contributed by atoms with Crippen LogP contribution in [0.4, 0.5) is 0 Å². The van der Waals surface area contributed by atoms with E-state index in [1.165, 1.54) is 12.1 Å². The second-order valence-electron chi connectivity index (χ2n) is 5.89. The zero-order valence-corrected chi connectivity index (χ0v) is 14.5. The van der Waals surface area contributed by atoms with Crippen molar-refractivity contribution in [1.82, 2.24) is 4.98 Å². The summed E-state index contributed by atoms with van der Waals surface area (Å²) in [7, 11) is -3.98. The minimum absolute atomic E-state index is 0.0953. The average molecular weight is 361 g/mol. The SMILES string of the molecule is O=c1c(S(=O)(=O)c2ccccc2)c(-c2ccccc2)[nH]c2ccccc12. The quantitative estimate of drug-likeness (QED) is 0.599. The molecule has 1 N–H and O–H groups in total. The summed E-state index contributed by atoms with van der Waals surface area (Å²) in [6.45, 7) is 0. The summed E-state index contributed by atoms with van der Waals surface area (Å²) >= 11 is 0. The number of rotatable bonds is 3. The molecular weight excluding hydrogens is 346 g/mol. The lowest BCUT2D eigenvalue weighted by Gasteiger charge is -2.12. The van der Waals surface area contributed by atoms with Crippen LogP contribution in [0.5, 0.6) is 0 Å². The number of aromatic nitrogens is 1. The summed E-state index contributed by atoms with van der Waals surface area (Å²) in [5, 5.41) is 0.349. The molecule has 26 heavy (non-hydrogen) atoms. The monoisotopic (exact) mass is 361 g/mol. The van der Waals surface area contributed by atoms with Gasteiger partial charge in [-0.2, -0.15) is 0 Å². The third kappa shape index (κ3) is 2.62. The Labute approximate surface area is 150 Å². The van der Waals surface area contributed by atoms with Crippen LogP contribution >= 0.6 is 0 Å². The molecule has 0 bridgehead atoms. The normalized spacial score (nSPS) is 11.5. The maximum absolute atomic E-state index is 13.3. The maximum atomic E-state index is 13.3. The smallest absolute Gasteiger partial charge is 0.212 e. The van der Waals surface area contributed by atoms with Crippen LogP contribution in [0.15, 0.2) is 99.5 Å². The maximum Gasteiger partial charge on any atom is 0.212 e. The van der Waals surface area contributed by atoms with Crippen molar-refractivity contribution in [3.8, 4) is 11.3 Å². The molecule has 4 nitrogen and oxygen atoms in total. The zero-order chi connectivity index (χ0) is 18.1. The number of benzene rings is 3. The summed E-state index contributed by atoms with van der Waals surface area (Å²) in [6, 6.07) is 24.0. The first-order chi connectivity index (χ1) is 12.6. The highest BCUT2D eigenvalue weighted by Crippen LogP contribution is 2.29. The van der Waals surface area contributed by atoms with Gasteiger partial charge < -0.3 is 4.98 Å². The van der Waals surface area contributed by atoms with Crippen LogP contribution in [-0.2, 0) is 9.84 Å². The van der Waals surface area contributed by atoms with Gasteiger partial charge in [0.1, 0.15) is 4.90 Å². The molecule has 5 heteroatoms. The highest BCUT2D eigenvalue weighted by atomic mass is 32.2.